The van der Waals surface area contributed by atoms with Gasteiger partial charge >= 0.3 is 0 Å². The number of carbonyl (C=O) groups excluding carboxylic acids is 1. The lowest BCUT2D eigenvalue weighted by Crippen LogP contribution is -1.98. The van der Waals surface area contributed by atoms with E-state index in [2.05, 4.69) is 0 Å². The predicted molar refractivity (Wildman–Crippen MR) is 82.3 cm³/mol. The molecule has 0 fully saturated rings. The van der Waals surface area contributed by atoms with E-state index >= 15 is 0 Å². The average Bonchev–Trinajstić information content (AvgIpc) is 2.83. The number of benzene rings is 2. The first-order valence-electron chi connectivity index (χ1n) is 6.75. The maximum atomic E-state index is 12.3. The predicted octanol–water partition coefficient (Wildman–Crippen LogP) is 2.73. The van der Waals surface area contributed by atoms with Gasteiger partial charge in [0.05, 0.1) is 14.2 Å². The number of phenols is 2. The molecule has 0 amide bonds. The number of aromatic hydroxyl groups is 2. The monoisotopic (exact) mass is 314 g/mol. The average molecular weight is 314 g/mol. The van der Waals surface area contributed by atoms with Crippen molar-refractivity contribution in [2.45, 2.75) is 0 Å². The van der Waals surface area contributed by atoms with Crippen LogP contribution in [0, 0.1) is 0 Å². The van der Waals surface area contributed by atoms with E-state index in [1.54, 1.807) is 18.2 Å². The molecule has 0 saturated carbocycles. The van der Waals surface area contributed by atoms with Crippen LogP contribution in [0.5, 0.6) is 28.7 Å². The van der Waals surface area contributed by atoms with Gasteiger partial charge in [-0.2, -0.15) is 0 Å². The molecular weight excluding hydrogens is 300 g/mol. The largest absolute Gasteiger partial charge is 0.508 e. The second kappa shape index (κ2) is 5.57. The summed E-state index contributed by atoms with van der Waals surface area (Å²) in [6, 6.07) is 7.52. The fourth-order valence-electron chi connectivity index (χ4n) is 2.37. The van der Waals surface area contributed by atoms with Crippen LogP contribution in [-0.4, -0.2) is 30.2 Å². The minimum Gasteiger partial charge on any atom is -0.508 e. The summed E-state index contributed by atoms with van der Waals surface area (Å²) in [5.74, 6) is 0.311. The van der Waals surface area contributed by atoms with Crippen molar-refractivity contribution in [3.05, 3.63) is 47.2 Å². The third-order valence-electron chi connectivity index (χ3n) is 3.44. The molecule has 1 heterocycles. The molecule has 0 aliphatic carbocycles. The molecule has 0 saturated heterocycles. The van der Waals surface area contributed by atoms with E-state index in [1.807, 2.05) is 0 Å². The molecule has 0 spiro atoms. The van der Waals surface area contributed by atoms with Crippen LogP contribution < -0.4 is 14.2 Å². The molecule has 0 unspecified atom stereocenters. The quantitative estimate of drug-likeness (QED) is 0.847. The van der Waals surface area contributed by atoms with Crippen LogP contribution in [0.3, 0.4) is 0 Å². The highest BCUT2D eigenvalue weighted by Gasteiger charge is 2.31. The summed E-state index contributed by atoms with van der Waals surface area (Å²) in [5.41, 5.74) is 0.706. The van der Waals surface area contributed by atoms with Crippen LogP contribution in [0.15, 0.2) is 36.1 Å². The maximum absolute atomic E-state index is 12.3. The molecule has 6 nitrogen and oxygen atoms in total. The van der Waals surface area contributed by atoms with Gasteiger partial charge in [0.2, 0.25) is 5.78 Å². The summed E-state index contributed by atoms with van der Waals surface area (Å²) in [6.45, 7) is 0. The van der Waals surface area contributed by atoms with Crippen molar-refractivity contribution < 1.29 is 29.2 Å². The van der Waals surface area contributed by atoms with E-state index in [1.165, 1.54) is 26.4 Å². The summed E-state index contributed by atoms with van der Waals surface area (Å²) in [4.78, 5) is 12.3. The molecule has 1 aliphatic heterocycles. The lowest BCUT2D eigenvalue weighted by atomic mass is 10.1. The molecule has 118 valence electrons. The first-order valence-corrected chi connectivity index (χ1v) is 6.75. The fourth-order valence-corrected chi connectivity index (χ4v) is 2.37. The van der Waals surface area contributed by atoms with E-state index in [4.69, 9.17) is 14.2 Å². The van der Waals surface area contributed by atoms with Crippen LogP contribution in [0.2, 0.25) is 0 Å². The van der Waals surface area contributed by atoms with Crippen LogP contribution in [0.25, 0.3) is 6.08 Å². The maximum Gasteiger partial charge on any atom is 0.235 e. The van der Waals surface area contributed by atoms with Crippen LogP contribution in [-0.2, 0) is 0 Å². The van der Waals surface area contributed by atoms with Crippen molar-refractivity contribution in [3.8, 4) is 28.7 Å². The van der Waals surface area contributed by atoms with Gasteiger partial charge in [0.1, 0.15) is 22.8 Å². The number of hydrogen-bond donors (Lipinski definition) is 2. The van der Waals surface area contributed by atoms with Crippen molar-refractivity contribution in [1.29, 1.82) is 0 Å². The molecule has 2 N–H and O–H groups in total. The highest BCUT2D eigenvalue weighted by Crippen LogP contribution is 2.40. The van der Waals surface area contributed by atoms with Crippen LogP contribution in [0.1, 0.15) is 15.9 Å². The van der Waals surface area contributed by atoms with E-state index in [9.17, 15) is 15.0 Å². The highest BCUT2D eigenvalue weighted by atomic mass is 16.5. The molecule has 0 atom stereocenters. The molecule has 1 aliphatic rings. The van der Waals surface area contributed by atoms with Gasteiger partial charge in [-0.25, -0.2) is 0 Å². The van der Waals surface area contributed by atoms with Crippen molar-refractivity contribution in [2.24, 2.45) is 0 Å². The van der Waals surface area contributed by atoms with Gasteiger partial charge < -0.3 is 24.4 Å². The van der Waals surface area contributed by atoms with Gasteiger partial charge in [-0.05, 0) is 23.8 Å². The molecule has 0 aromatic heterocycles. The minimum atomic E-state index is -0.452. The summed E-state index contributed by atoms with van der Waals surface area (Å²) in [5, 5.41) is 19.3. The SMILES string of the molecule is COc1ccc(/C=C2/Oc3cc(O)cc(O)c3C2=O)cc1OC. The Balaban J connectivity index is 1.99. The number of Topliss-reactive ketones (excluding diaryl/α,β-unsaturated/α-hetero) is 1. The standard InChI is InChI=1S/C17H14O6/c1-21-12-4-3-9(5-13(12)22-2)6-15-17(20)16-11(19)7-10(18)8-14(16)23-15/h3-8,18-19H,1-2H3/b15-6+. The molecule has 3 rings (SSSR count). The smallest absolute Gasteiger partial charge is 0.235 e. The van der Waals surface area contributed by atoms with Gasteiger partial charge in [-0.3, -0.25) is 4.79 Å². The Hall–Kier alpha value is -3.15. The number of methoxy groups -OCH3 is 2. The number of allylic oxidation sites excluding steroid dienone is 1. The second-order valence-electron chi connectivity index (χ2n) is 4.89. The molecule has 23 heavy (non-hydrogen) atoms. The fraction of sp³-hybridized carbons (Fsp3) is 0.118. The van der Waals surface area contributed by atoms with E-state index in [-0.39, 0.29) is 28.6 Å². The highest BCUT2D eigenvalue weighted by molar-refractivity contribution is 6.16. The Morgan fingerprint density at radius 3 is 2.48 bits per heavy atom. The topological polar surface area (TPSA) is 85.2 Å². The first kappa shape index (κ1) is 14.8. The number of fused-ring (bicyclic) bond motifs is 1. The van der Waals surface area contributed by atoms with Gasteiger partial charge in [-0.1, -0.05) is 6.07 Å². The van der Waals surface area contributed by atoms with Gasteiger partial charge in [-0.15, -0.1) is 0 Å². The van der Waals surface area contributed by atoms with Crippen molar-refractivity contribution in [2.75, 3.05) is 14.2 Å². The summed E-state index contributed by atoms with van der Waals surface area (Å²) < 4.78 is 15.8. The number of ether oxygens (including phenoxy) is 3. The summed E-state index contributed by atoms with van der Waals surface area (Å²) >= 11 is 0. The molecule has 0 radical (unpaired) electrons. The zero-order valence-corrected chi connectivity index (χ0v) is 12.5. The molecule has 2 aromatic rings. The third-order valence-corrected chi connectivity index (χ3v) is 3.44. The number of phenolic OH excluding ortho intramolecular Hbond substituents is 2. The molecule has 0 bridgehead atoms. The van der Waals surface area contributed by atoms with Crippen molar-refractivity contribution in [3.63, 3.8) is 0 Å². The number of ketones is 1. The van der Waals surface area contributed by atoms with E-state index in [0.717, 1.165) is 6.07 Å². The lowest BCUT2D eigenvalue weighted by Gasteiger charge is -2.08. The van der Waals surface area contributed by atoms with Crippen molar-refractivity contribution in [1.82, 2.24) is 0 Å². The van der Waals surface area contributed by atoms with E-state index < -0.39 is 5.78 Å². The number of hydrogen-bond acceptors (Lipinski definition) is 6. The number of carbonyl (C=O) groups is 1. The van der Waals surface area contributed by atoms with Crippen molar-refractivity contribution >= 4 is 11.9 Å². The molecule has 2 aromatic carbocycles. The Morgan fingerprint density at radius 1 is 1.04 bits per heavy atom. The summed E-state index contributed by atoms with van der Waals surface area (Å²) in [6.07, 6.45) is 1.53. The number of rotatable bonds is 3. The van der Waals surface area contributed by atoms with Crippen LogP contribution in [0.4, 0.5) is 0 Å². The Bertz CT molecular complexity index is 822. The molecular formula is C17H14O6. The second-order valence-corrected chi connectivity index (χ2v) is 4.89. The van der Waals surface area contributed by atoms with Crippen LogP contribution >= 0.6 is 0 Å². The third kappa shape index (κ3) is 2.55. The zero-order valence-electron chi connectivity index (χ0n) is 12.5. The molecule has 6 heteroatoms. The van der Waals surface area contributed by atoms with E-state index in [0.29, 0.717) is 17.1 Å². The van der Waals surface area contributed by atoms with Gasteiger partial charge in [0.25, 0.3) is 0 Å². The van der Waals surface area contributed by atoms with Gasteiger partial charge in [0.15, 0.2) is 17.3 Å². The first-order chi connectivity index (χ1) is 11.0. The minimum absolute atomic E-state index is 0.0366. The Morgan fingerprint density at radius 2 is 1.78 bits per heavy atom. The lowest BCUT2D eigenvalue weighted by molar-refractivity contribution is 0.101. The zero-order chi connectivity index (χ0) is 16.6. The Kier molecular flexibility index (Phi) is 3.57. The van der Waals surface area contributed by atoms with Gasteiger partial charge in [0, 0.05) is 12.1 Å². The summed E-state index contributed by atoms with van der Waals surface area (Å²) in [7, 11) is 3.05. The normalized spacial score (nSPS) is 14.5. The Labute approximate surface area is 132 Å².